The van der Waals surface area contributed by atoms with Crippen molar-refractivity contribution in [2.75, 3.05) is 20.1 Å². The van der Waals surface area contributed by atoms with Crippen LogP contribution >= 0.6 is 0 Å². The summed E-state index contributed by atoms with van der Waals surface area (Å²) >= 11 is 0. The number of likely N-dealkylation sites (N-methyl/N-ethyl adjacent to an activating group) is 1. The summed E-state index contributed by atoms with van der Waals surface area (Å²) in [6.07, 6.45) is 7.23. The van der Waals surface area contributed by atoms with E-state index in [0.717, 1.165) is 38.8 Å². The van der Waals surface area contributed by atoms with Gasteiger partial charge in [-0.25, -0.2) is 0 Å². The van der Waals surface area contributed by atoms with Crippen LogP contribution in [0.2, 0.25) is 0 Å². The molecule has 2 aliphatic rings. The zero-order chi connectivity index (χ0) is 15.2. The van der Waals surface area contributed by atoms with Crippen LogP contribution in [0.4, 0.5) is 0 Å². The minimum atomic E-state index is -0.271. The Labute approximate surface area is 127 Å². The summed E-state index contributed by atoms with van der Waals surface area (Å²) in [6, 6.07) is -0.271. The first-order valence-electron chi connectivity index (χ1n) is 8.28. The molecular weight excluding hydrogens is 268 g/mol. The molecule has 1 atom stereocenters. The van der Waals surface area contributed by atoms with E-state index in [9.17, 15) is 9.59 Å². The van der Waals surface area contributed by atoms with Crippen LogP contribution in [0.1, 0.15) is 51.9 Å². The molecule has 0 unspecified atom stereocenters. The Balaban J connectivity index is 1.75. The summed E-state index contributed by atoms with van der Waals surface area (Å²) in [6.45, 7) is 3.24. The summed E-state index contributed by atoms with van der Waals surface area (Å²) in [5.74, 6) is 0.361. The molecule has 1 saturated carbocycles. The molecule has 0 aromatic heterocycles. The molecule has 0 spiro atoms. The first kappa shape index (κ1) is 16.3. The normalized spacial score (nSPS) is 22.9. The number of ether oxygens (including phenoxy) is 1. The second-order valence-electron chi connectivity index (χ2n) is 6.31. The van der Waals surface area contributed by atoms with Gasteiger partial charge in [0.05, 0.1) is 0 Å². The zero-order valence-electron chi connectivity index (χ0n) is 13.3. The molecule has 0 radical (unpaired) electrons. The summed E-state index contributed by atoms with van der Waals surface area (Å²) in [5.41, 5.74) is 0. The van der Waals surface area contributed by atoms with Gasteiger partial charge in [-0.05, 0) is 26.8 Å². The molecule has 5 nitrogen and oxygen atoms in total. The molecular formula is C16H28N2O3. The lowest BCUT2D eigenvalue weighted by molar-refractivity contribution is -0.154. The Morgan fingerprint density at radius 3 is 2.29 bits per heavy atom. The molecule has 1 heterocycles. The van der Waals surface area contributed by atoms with E-state index in [-0.39, 0.29) is 24.0 Å². The molecule has 0 aromatic rings. The number of nitrogens with one attached hydrogen (secondary N) is 1. The van der Waals surface area contributed by atoms with Crippen LogP contribution in [0, 0.1) is 5.92 Å². The Hall–Kier alpha value is -1.10. The number of hydrogen-bond donors (Lipinski definition) is 1. The highest BCUT2D eigenvalue weighted by molar-refractivity contribution is 5.79. The van der Waals surface area contributed by atoms with Crippen molar-refractivity contribution in [1.29, 1.82) is 0 Å². The smallest absolute Gasteiger partial charge is 0.323 e. The average Bonchev–Trinajstić information content (AvgIpc) is 2.55. The molecule has 5 heteroatoms. The second kappa shape index (κ2) is 7.78. The van der Waals surface area contributed by atoms with Crippen molar-refractivity contribution in [3.05, 3.63) is 0 Å². The van der Waals surface area contributed by atoms with Crippen LogP contribution < -0.4 is 5.32 Å². The molecule has 2 fully saturated rings. The van der Waals surface area contributed by atoms with Gasteiger partial charge < -0.3 is 15.0 Å². The Kier molecular flexibility index (Phi) is 6.03. The fourth-order valence-electron chi connectivity index (χ4n) is 3.19. The van der Waals surface area contributed by atoms with Gasteiger partial charge in [-0.1, -0.05) is 19.3 Å². The quantitative estimate of drug-likeness (QED) is 0.802. The SMILES string of the molecule is CN[C@@H](C)C(=O)OC1CCN(C(=O)C2CCCCC2)CC1. The summed E-state index contributed by atoms with van der Waals surface area (Å²) in [7, 11) is 1.75. The maximum atomic E-state index is 12.4. The van der Waals surface area contributed by atoms with E-state index in [4.69, 9.17) is 4.74 Å². The molecule has 120 valence electrons. The topological polar surface area (TPSA) is 58.6 Å². The molecule has 1 aliphatic heterocycles. The highest BCUT2D eigenvalue weighted by atomic mass is 16.5. The van der Waals surface area contributed by atoms with Crippen molar-refractivity contribution in [3.63, 3.8) is 0 Å². The van der Waals surface area contributed by atoms with Crippen molar-refractivity contribution in [1.82, 2.24) is 10.2 Å². The first-order valence-corrected chi connectivity index (χ1v) is 8.28. The van der Waals surface area contributed by atoms with E-state index >= 15 is 0 Å². The molecule has 0 bridgehead atoms. The van der Waals surface area contributed by atoms with Gasteiger partial charge in [0.2, 0.25) is 5.91 Å². The Bertz CT molecular complexity index is 359. The number of hydrogen-bond acceptors (Lipinski definition) is 4. The van der Waals surface area contributed by atoms with Gasteiger partial charge in [0.25, 0.3) is 0 Å². The van der Waals surface area contributed by atoms with Crippen LogP contribution in [0.5, 0.6) is 0 Å². The van der Waals surface area contributed by atoms with Crippen molar-refractivity contribution >= 4 is 11.9 Å². The van der Waals surface area contributed by atoms with Gasteiger partial charge in [0.1, 0.15) is 12.1 Å². The molecule has 0 aromatic carbocycles. The van der Waals surface area contributed by atoms with Gasteiger partial charge in [0, 0.05) is 31.8 Å². The van der Waals surface area contributed by atoms with Crippen molar-refractivity contribution < 1.29 is 14.3 Å². The van der Waals surface area contributed by atoms with Gasteiger partial charge in [-0.15, -0.1) is 0 Å². The van der Waals surface area contributed by atoms with E-state index in [2.05, 4.69) is 5.32 Å². The molecule has 1 aliphatic carbocycles. The number of esters is 1. The number of rotatable bonds is 4. The number of carbonyl (C=O) groups excluding carboxylic acids is 2. The minimum absolute atomic E-state index is 0.0382. The van der Waals surface area contributed by atoms with Gasteiger partial charge in [0.15, 0.2) is 0 Å². The first-order chi connectivity index (χ1) is 10.1. The Morgan fingerprint density at radius 2 is 1.71 bits per heavy atom. The second-order valence-corrected chi connectivity index (χ2v) is 6.31. The number of likely N-dealkylation sites (tertiary alicyclic amines) is 1. The maximum absolute atomic E-state index is 12.4. The van der Waals surface area contributed by atoms with Gasteiger partial charge in [-0.3, -0.25) is 9.59 Å². The third-order valence-electron chi connectivity index (χ3n) is 4.78. The number of piperidine rings is 1. The summed E-state index contributed by atoms with van der Waals surface area (Å²) in [5, 5.41) is 2.89. The van der Waals surface area contributed by atoms with Crippen LogP contribution in [0.3, 0.4) is 0 Å². The molecule has 1 N–H and O–H groups in total. The third-order valence-corrected chi connectivity index (χ3v) is 4.78. The lowest BCUT2D eigenvalue weighted by Crippen LogP contribution is -2.45. The number of nitrogens with zero attached hydrogens (tertiary/aromatic N) is 1. The van der Waals surface area contributed by atoms with Crippen LogP contribution in [0.15, 0.2) is 0 Å². The summed E-state index contributed by atoms with van der Waals surface area (Å²) < 4.78 is 5.48. The third kappa shape index (κ3) is 4.43. The van der Waals surface area contributed by atoms with E-state index in [0.29, 0.717) is 5.91 Å². The van der Waals surface area contributed by atoms with E-state index in [1.807, 2.05) is 4.90 Å². The lowest BCUT2D eigenvalue weighted by atomic mass is 9.88. The fraction of sp³-hybridized carbons (Fsp3) is 0.875. The lowest BCUT2D eigenvalue weighted by Gasteiger charge is -2.35. The highest BCUT2D eigenvalue weighted by Crippen LogP contribution is 2.27. The van der Waals surface area contributed by atoms with Crippen molar-refractivity contribution in [2.45, 2.75) is 64.0 Å². The number of amides is 1. The molecule has 1 amide bonds. The highest BCUT2D eigenvalue weighted by Gasteiger charge is 2.30. The van der Waals surface area contributed by atoms with Gasteiger partial charge >= 0.3 is 5.97 Å². The van der Waals surface area contributed by atoms with Gasteiger partial charge in [-0.2, -0.15) is 0 Å². The van der Waals surface area contributed by atoms with Crippen LogP contribution in [0.25, 0.3) is 0 Å². The van der Waals surface area contributed by atoms with Crippen molar-refractivity contribution in [2.24, 2.45) is 5.92 Å². The monoisotopic (exact) mass is 296 g/mol. The standard InChI is InChI=1S/C16H28N2O3/c1-12(17-2)16(20)21-14-8-10-18(11-9-14)15(19)13-6-4-3-5-7-13/h12-14,17H,3-11H2,1-2H3/t12-/m0/s1. The van der Waals surface area contributed by atoms with Crippen LogP contribution in [-0.4, -0.2) is 49.1 Å². The zero-order valence-corrected chi connectivity index (χ0v) is 13.3. The van der Waals surface area contributed by atoms with E-state index in [1.165, 1.54) is 19.3 Å². The summed E-state index contributed by atoms with van der Waals surface area (Å²) in [4.78, 5) is 26.2. The van der Waals surface area contributed by atoms with E-state index in [1.54, 1.807) is 14.0 Å². The minimum Gasteiger partial charge on any atom is -0.461 e. The van der Waals surface area contributed by atoms with Crippen molar-refractivity contribution in [3.8, 4) is 0 Å². The van der Waals surface area contributed by atoms with E-state index < -0.39 is 0 Å². The Morgan fingerprint density at radius 1 is 1.10 bits per heavy atom. The molecule has 21 heavy (non-hydrogen) atoms. The number of carbonyl (C=O) groups is 2. The molecule has 2 rings (SSSR count). The average molecular weight is 296 g/mol. The maximum Gasteiger partial charge on any atom is 0.323 e. The largest absolute Gasteiger partial charge is 0.461 e. The molecule has 1 saturated heterocycles. The fourth-order valence-corrected chi connectivity index (χ4v) is 3.19. The van der Waals surface area contributed by atoms with Crippen LogP contribution in [-0.2, 0) is 14.3 Å². The predicted octanol–water partition coefficient (Wildman–Crippen LogP) is 1.71. The predicted molar refractivity (Wildman–Crippen MR) is 80.8 cm³/mol.